The summed E-state index contributed by atoms with van der Waals surface area (Å²) < 4.78 is 37.4. The molecule has 0 amide bonds. The molecule has 2 N–H and O–H groups in total. The van der Waals surface area contributed by atoms with Crippen molar-refractivity contribution in [3.05, 3.63) is 35.4 Å². The van der Waals surface area contributed by atoms with Crippen molar-refractivity contribution < 1.29 is 13.2 Å². The van der Waals surface area contributed by atoms with Gasteiger partial charge in [0.25, 0.3) is 0 Å². The van der Waals surface area contributed by atoms with Crippen LogP contribution in [0.2, 0.25) is 0 Å². The Morgan fingerprint density at radius 1 is 1.25 bits per heavy atom. The monoisotopic (exact) mass is 231 g/mol. The quantitative estimate of drug-likeness (QED) is 0.848. The molecule has 1 unspecified atom stereocenters. The minimum absolute atomic E-state index is 0.452. The molecule has 0 spiro atoms. The van der Waals surface area contributed by atoms with E-state index in [-0.39, 0.29) is 0 Å². The average Bonchev–Trinajstić information content (AvgIpc) is 2.16. The highest BCUT2D eigenvalue weighted by molar-refractivity contribution is 5.26. The van der Waals surface area contributed by atoms with Crippen LogP contribution in [0.3, 0.4) is 0 Å². The Hall–Kier alpha value is -1.03. The van der Waals surface area contributed by atoms with Gasteiger partial charge in [0, 0.05) is 5.54 Å². The van der Waals surface area contributed by atoms with Crippen molar-refractivity contribution in [2.75, 3.05) is 0 Å². The van der Waals surface area contributed by atoms with Gasteiger partial charge in [0.2, 0.25) is 0 Å². The molecule has 1 atom stereocenters. The fraction of sp³-hybridized carbons (Fsp3) is 0.500. The van der Waals surface area contributed by atoms with E-state index in [0.29, 0.717) is 12.0 Å². The van der Waals surface area contributed by atoms with Gasteiger partial charge < -0.3 is 5.73 Å². The lowest BCUT2D eigenvalue weighted by Crippen LogP contribution is -2.37. The maximum absolute atomic E-state index is 12.5. The molecule has 0 saturated carbocycles. The third-order valence-electron chi connectivity index (χ3n) is 2.67. The molecule has 0 aliphatic heterocycles. The van der Waals surface area contributed by atoms with Gasteiger partial charge in [-0.05, 0) is 31.4 Å². The molecule has 0 aliphatic carbocycles. The third-order valence-corrected chi connectivity index (χ3v) is 2.67. The first kappa shape index (κ1) is 13.0. The van der Waals surface area contributed by atoms with Gasteiger partial charge >= 0.3 is 6.18 Å². The first-order valence-electron chi connectivity index (χ1n) is 5.19. The molecule has 1 nitrogen and oxygen atoms in total. The highest BCUT2D eigenvalue weighted by Gasteiger charge is 2.30. The molecule has 1 rings (SSSR count). The summed E-state index contributed by atoms with van der Waals surface area (Å²) in [5.41, 5.74) is 5.48. The van der Waals surface area contributed by atoms with Crippen molar-refractivity contribution in [2.24, 2.45) is 5.73 Å². The van der Waals surface area contributed by atoms with Crippen LogP contribution in [0.4, 0.5) is 13.2 Å². The first-order valence-corrected chi connectivity index (χ1v) is 5.19. The van der Waals surface area contributed by atoms with Crippen molar-refractivity contribution in [1.82, 2.24) is 0 Å². The molecule has 4 heteroatoms. The smallest absolute Gasteiger partial charge is 0.325 e. The molecule has 90 valence electrons. The summed E-state index contributed by atoms with van der Waals surface area (Å²) in [7, 11) is 0. The van der Waals surface area contributed by atoms with E-state index in [1.807, 2.05) is 13.8 Å². The van der Waals surface area contributed by atoms with E-state index < -0.39 is 17.3 Å². The number of benzene rings is 1. The standard InChI is InChI=1S/C12H16F3N/c1-3-11(2,16)8-9-5-4-6-10(7-9)12(13,14)15/h4-7H,3,8,16H2,1-2H3. The van der Waals surface area contributed by atoms with E-state index in [1.54, 1.807) is 6.07 Å². The molecule has 0 saturated heterocycles. The number of hydrogen-bond acceptors (Lipinski definition) is 1. The van der Waals surface area contributed by atoms with Crippen LogP contribution in [-0.4, -0.2) is 5.54 Å². The SMILES string of the molecule is CCC(C)(N)Cc1cccc(C(F)(F)F)c1. The molecular formula is C12H16F3N. The Bertz CT molecular complexity index is 356. The second-order valence-corrected chi connectivity index (χ2v) is 4.38. The predicted molar refractivity (Wildman–Crippen MR) is 58.0 cm³/mol. The predicted octanol–water partition coefficient (Wildman–Crippen LogP) is 3.38. The molecule has 0 fully saturated rings. The van der Waals surface area contributed by atoms with E-state index in [9.17, 15) is 13.2 Å². The van der Waals surface area contributed by atoms with Gasteiger partial charge in [0.15, 0.2) is 0 Å². The first-order chi connectivity index (χ1) is 7.24. The highest BCUT2D eigenvalue weighted by Crippen LogP contribution is 2.30. The summed E-state index contributed by atoms with van der Waals surface area (Å²) in [6.45, 7) is 3.76. The van der Waals surface area contributed by atoms with Crippen LogP contribution in [0.15, 0.2) is 24.3 Å². The summed E-state index contributed by atoms with van der Waals surface area (Å²) in [6.07, 6.45) is -3.11. The lowest BCUT2D eigenvalue weighted by Gasteiger charge is -2.23. The van der Waals surface area contributed by atoms with Gasteiger partial charge in [-0.3, -0.25) is 0 Å². The van der Waals surface area contributed by atoms with E-state index in [2.05, 4.69) is 0 Å². The molecule has 1 aromatic carbocycles. The number of halogens is 3. The van der Waals surface area contributed by atoms with Crippen LogP contribution in [0.1, 0.15) is 31.4 Å². The van der Waals surface area contributed by atoms with Crippen LogP contribution in [0.25, 0.3) is 0 Å². The van der Waals surface area contributed by atoms with Crippen molar-refractivity contribution in [2.45, 2.75) is 38.4 Å². The van der Waals surface area contributed by atoms with Gasteiger partial charge in [0.05, 0.1) is 5.56 Å². The van der Waals surface area contributed by atoms with Crippen molar-refractivity contribution >= 4 is 0 Å². The Balaban J connectivity index is 2.92. The highest BCUT2D eigenvalue weighted by atomic mass is 19.4. The molecule has 0 bridgehead atoms. The Labute approximate surface area is 93.5 Å². The maximum Gasteiger partial charge on any atom is 0.416 e. The Morgan fingerprint density at radius 2 is 1.88 bits per heavy atom. The molecule has 0 aromatic heterocycles. The van der Waals surface area contributed by atoms with E-state index >= 15 is 0 Å². The second-order valence-electron chi connectivity index (χ2n) is 4.38. The molecule has 0 heterocycles. The van der Waals surface area contributed by atoms with E-state index in [1.165, 1.54) is 12.1 Å². The van der Waals surface area contributed by atoms with Gasteiger partial charge in [-0.1, -0.05) is 25.1 Å². The number of hydrogen-bond donors (Lipinski definition) is 1. The largest absolute Gasteiger partial charge is 0.416 e. The number of rotatable bonds is 3. The van der Waals surface area contributed by atoms with Gasteiger partial charge in [0.1, 0.15) is 0 Å². The maximum atomic E-state index is 12.5. The minimum Gasteiger partial charge on any atom is -0.325 e. The molecular weight excluding hydrogens is 215 g/mol. The zero-order chi connectivity index (χ0) is 12.4. The summed E-state index contributed by atoms with van der Waals surface area (Å²) in [4.78, 5) is 0. The van der Waals surface area contributed by atoms with Crippen LogP contribution in [0.5, 0.6) is 0 Å². The summed E-state index contributed by atoms with van der Waals surface area (Å²) in [5.74, 6) is 0. The lowest BCUT2D eigenvalue weighted by atomic mass is 9.91. The normalized spacial score (nSPS) is 15.9. The molecule has 0 radical (unpaired) electrons. The fourth-order valence-electron chi connectivity index (χ4n) is 1.45. The van der Waals surface area contributed by atoms with Crippen molar-refractivity contribution in [3.63, 3.8) is 0 Å². The fourth-order valence-corrected chi connectivity index (χ4v) is 1.45. The van der Waals surface area contributed by atoms with Gasteiger partial charge in [-0.15, -0.1) is 0 Å². The summed E-state index contributed by atoms with van der Waals surface area (Å²) in [6, 6.07) is 5.34. The minimum atomic E-state index is -4.28. The Morgan fingerprint density at radius 3 is 2.38 bits per heavy atom. The molecule has 0 aliphatic rings. The van der Waals surface area contributed by atoms with Crippen LogP contribution < -0.4 is 5.73 Å². The zero-order valence-corrected chi connectivity index (χ0v) is 9.43. The van der Waals surface area contributed by atoms with E-state index in [0.717, 1.165) is 12.5 Å². The van der Waals surface area contributed by atoms with Gasteiger partial charge in [-0.25, -0.2) is 0 Å². The number of alkyl halides is 3. The van der Waals surface area contributed by atoms with Crippen molar-refractivity contribution in [3.8, 4) is 0 Å². The number of nitrogens with two attached hydrogens (primary N) is 1. The summed E-state index contributed by atoms with van der Waals surface area (Å²) in [5, 5.41) is 0. The average molecular weight is 231 g/mol. The van der Waals surface area contributed by atoms with Crippen LogP contribution in [-0.2, 0) is 12.6 Å². The third kappa shape index (κ3) is 3.52. The lowest BCUT2D eigenvalue weighted by molar-refractivity contribution is -0.137. The second kappa shape index (κ2) is 4.45. The van der Waals surface area contributed by atoms with E-state index in [4.69, 9.17) is 5.73 Å². The van der Waals surface area contributed by atoms with Gasteiger partial charge in [-0.2, -0.15) is 13.2 Å². The molecule has 1 aromatic rings. The van der Waals surface area contributed by atoms with Crippen molar-refractivity contribution in [1.29, 1.82) is 0 Å². The topological polar surface area (TPSA) is 26.0 Å². The zero-order valence-electron chi connectivity index (χ0n) is 9.43. The van der Waals surface area contributed by atoms with Crippen LogP contribution in [0, 0.1) is 0 Å². The Kier molecular flexibility index (Phi) is 3.63. The summed E-state index contributed by atoms with van der Waals surface area (Å²) >= 11 is 0. The van der Waals surface area contributed by atoms with Crippen LogP contribution >= 0.6 is 0 Å². The molecule has 16 heavy (non-hydrogen) atoms.